The predicted molar refractivity (Wildman–Crippen MR) is 141 cm³/mol. The van der Waals surface area contributed by atoms with E-state index in [0.29, 0.717) is 52.1 Å². The summed E-state index contributed by atoms with van der Waals surface area (Å²) in [5.74, 6) is 1.98. The molecule has 6 rings (SSSR count). The number of ether oxygens (including phenoxy) is 2. The Labute approximate surface area is 215 Å². The van der Waals surface area contributed by atoms with E-state index in [4.69, 9.17) is 9.47 Å². The first-order valence-electron chi connectivity index (χ1n) is 12.2. The van der Waals surface area contributed by atoms with E-state index in [9.17, 15) is 8.42 Å². The first kappa shape index (κ1) is 23.7. The molecule has 3 heterocycles. The van der Waals surface area contributed by atoms with E-state index in [1.807, 2.05) is 61.5 Å². The monoisotopic (exact) mass is 518 g/mol. The highest BCUT2D eigenvalue weighted by molar-refractivity contribution is 7.89. The van der Waals surface area contributed by atoms with Crippen molar-refractivity contribution in [2.24, 2.45) is 0 Å². The SMILES string of the molecule is Cc1ccc(-c2nnc(Nc3ccc4c(c3)OCO4)c3ccccc23)cc1S(=O)(=O)N1CC[NH+](C)CC1. The molecule has 0 saturated carbocycles. The highest BCUT2D eigenvalue weighted by Gasteiger charge is 2.30. The summed E-state index contributed by atoms with van der Waals surface area (Å²) in [6.07, 6.45) is 0. The molecule has 2 N–H and O–H groups in total. The average molecular weight is 519 g/mol. The van der Waals surface area contributed by atoms with E-state index < -0.39 is 10.0 Å². The van der Waals surface area contributed by atoms with Crippen LogP contribution in [0.4, 0.5) is 11.5 Å². The maximum Gasteiger partial charge on any atom is 0.243 e. The Morgan fingerprint density at radius 2 is 1.68 bits per heavy atom. The third-order valence-corrected chi connectivity index (χ3v) is 9.02. The molecule has 1 fully saturated rings. The van der Waals surface area contributed by atoms with Gasteiger partial charge in [0.25, 0.3) is 0 Å². The maximum atomic E-state index is 13.6. The Morgan fingerprint density at radius 3 is 2.49 bits per heavy atom. The number of benzene rings is 3. The number of fused-ring (bicyclic) bond motifs is 2. The van der Waals surface area contributed by atoms with E-state index in [1.54, 1.807) is 10.4 Å². The van der Waals surface area contributed by atoms with Crippen LogP contribution in [-0.2, 0) is 10.0 Å². The molecule has 0 amide bonds. The van der Waals surface area contributed by atoms with Crippen LogP contribution in [0.2, 0.25) is 0 Å². The maximum absolute atomic E-state index is 13.6. The number of nitrogens with one attached hydrogen (secondary N) is 2. The normalized spacial score (nSPS) is 16.3. The Balaban J connectivity index is 1.38. The number of hydrogen-bond donors (Lipinski definition) is 2. The van der Waals surface area contributed by atoms with Crippen LogP contribution in [0.25, 0.3) is 22.0 Å². The highest BCUT2D eigenvalue weighted by Crippen LogP contribution is 2.37. The van der Waals surface area contributed by atoms with Crippen LogP contribution in [0.5, 0.6) is 11.5 Å². The molecule has 3 aromatic carbocycles. The van der Waals surface area contributed by atoms with Crippen molar-refractivity contribution < 1.29 is 22.8 Å². The fraction of sp³-hybridized carbons (Fsp3) is 0.259. The lowest BCUT2D eigenvalue weighted by Crippen LogP contribution is -3.12. The van der Waals surface area contributed by atoms with Crippen molar-refractivity contribution in [2.75, 3.05) is 45.3 Å². The van der Waals surface area contributed by atoms with Gasteiger partial charge in [-0.1, -0.05) is 36.4 Å². The van der Waals surface area contributed by atoms with Crippen LogP contribution in [-0.4, -0.2) is 62.9 Å². The van der Waals surface area contributed by atoms with E-state index >= 15 is 0 Å². The molecule has 2 aliphatic heterocycles. The molecule has 0 radical (unpaired) electrons. The number of quaternary nitrogens is 1. The quantitative estimate of drug-likeness (QED) is 0.419. The molecule has 0 atom stereocenters. The standard InChI is InChI=1S/C27H27N5O4S/c1-18-7-8-19(15-25(18)37(33,34)32-13-11-31(2)12-14-32)26-21-5-3-4-6-22(21)27(30-29-26)28-20-9-10-23-24(16-20)36-17-35-23/h3-10,15-16H,11-14,17H2,1-2H3,(H,28,30)/p+1. The molecule has 0 aliphatic carbocycles. The van der Waals surface area contributed by atoms with Crippen LogP contribution < -0.4 is 19.7 Å². The predicted octanol–water partition coefficient (Wildman–Crippen LogP) is 2.60. The molecule has 0 unspecified atom stereocenters. The van der Waals surface area contributed by atoms with Crippen molar-refractivity contribution in [3.8, 4) is 22.8 Å². The van der Waals surface area contributed by atoms with Crippen molar-refractivity contribution in [1.82, 2.24) is 14.5 Å². The molecular weight excluding hydrogens is 490 g/mol. The van der Waals surface area contributed by atoms with Crippen LogP contribution in [0, 0.1) is 6.92 Å². The van der Waals surface area contributed by atoms with Crippen molar-refractivity contribution in [3.05, 3.63) is 66.2 Å². The van der Waals surface area contributed by atoms with Crippen LogP contribution in [0.15, 0.2) is 65.6 Å². The molecular formula is C27H28N5O4S+. The van der Waals surface area contributed by atoms with Crippen LogP contribution in [0.3, 0.4) is 0 Å². The Kier molecular flexibility index (Phi) is 5.94. The van der Waals surface area contributed by atoms with Gasteiger partial charge in [0.1, 0.15) is 5.69 Å². The van der Waals surface area contributed by atoms with E-state index in [1.165, 1.54) is 4.90 Å². The summed E-state index contributed by atoms with van der Waals surface area (Å²) in [5.41, 5.74) is 2.86. The highest BCUT2D eigenvalue weighted by atomic mass is 32.2. The summed E-state index contributed by atoms with van der Waals surface area (Å²) in [4.78, 5) is 1.66. The second-order valence-corrected chi connectivity index (χ2v) is 11.4. The molecule has 9 nitrogen and oxygen atoms in total. The molecule has 1 aromatic heterocycles. The second-order valence-electron chi connectivity index (χ2n) is 9.48. The molecule has 2 aliphatic rings. The fourth-order valence-corrected chi connectivity index (χ4v) is 6.49. The van der Waals surface area contributed by atoms with Gasteiger partial charge in [0.05, 0.1) is 38.1 Å². The molecule has 10 heteroatoms. The van der Waals surface area contributed by atoms with E-state index in [2.05, 4.69) is 22.6 Å². The topological polar surface area (TPSA) is 98.1 Å². The number of sulfonamides is 1. The molecule has 4 aromatic rings. The van der Waals surface area contributed by atoms with Gasteiger partial charge in [-0.05, 0) is 30.7 Å². The Bertz CT molecular complexity index is 1600. The number of piperazine rings is 1. The first-order valence-corrected chi connectivity index (χ1v) is 13.7. The number of nitrogens with zero attached hydrogens (tertiary/aromatic N) is 3. The summed E-state index contributed by atoms with van der Waals surface area (Å²) in [5, 5.41) is 14.1. The number of anilines is 2. The van der Waals surface area contributed by atoms with Crippen molar-refractivity contribution in [1.29, 1.82) is 0 Å². The lowest BCUT2D eigenvalue weighted by molar-refractivity contribution is -0.883. The van der Waals surface area contributed by atoms with Crippen molar-refractivity contribution >= 4 is 32.3 Å². The summed E-state index contributed by atoms with van der Waals surface area (Å²) in [6.45, 7) is 4.67. The Morgan fingerprint density at radius 1 is 0.919 bits per heavy atom. The number of aromatic nitrogens is 2. The lowest BCUT2D eigenvalue weighted by atomic mass is 10.0. The number of rotatable bonds is 5. The largest absolute Gasteiger partial charge is 0.454 e. The minimum absolute atomic E-state index is 0.209. The van der Waals surface area contributed by atoms with Crippen LogP contribution in [0.1, 0.15) is 5.56 Å². The number of aryl methyl sites for hydroxylation is 1. The van der Waals surface area contributed by atoms with Gasteiger partial charge in [0.15, 0.2) is 17.3 Å². The van der Waals surface area contributed by atoms with Gasteiger partial charge in [-0.15, -0.1) is 10.2 Å². The number of likely N-dealkylation sites (N-methyl/N-ethyl adjacent to an activating group) is 1. The zero-order valence-electron chi connectivity index (χ0n) is 20.7. The molecule has 0 spiro atoms. The van der Waals surface area contributed by atoms with Crippen LogP contribution >= 0.6 is 0 Å². The zero-order chi connectivity index (χ0) is 25.6. The summed E-state index contributed by atoms with van der Waals surface area (Å²) < 4.78 is 39.6. The first-order chi connectivity index (χ1) is 17.9. The van der Waals surface area contributed by atoms with Gasteiger partial charge in [0, 0.05) is 28.1 Å². The fourth-order valence-electron chi connectivity index (χ4n) is 4.79. The lowest BCUT2D eigenvalue weighted by Gasteiger charge is -2.29. The minimum atomic E-state index is -3.62. The third kappa shape index (κ3) is 4.37. The smallest absolute Gasteiger partial charge is 0.243 e. The van der Waals surface area contributed by atoms with Crippen molar-refractivity contribution in [3.63, 3.8) is 0 Å². The van der Waals surface area contributed by atoms with Gasteiger partial charge in [-0.2, -0.15) is 4.31 Å². The summed E-state index contributed by atoms with van der Waals surface area (Å²) >= 11 is 0. The Hall–Kier alpha value is -3.73. The van der Waals surface area contributed by atoms with Gasteiger partial charge in [0.2, 0.25) is 16.8 Å². The second kappa shape index (κ2) is 9.29. The minimum Gasteiger partial charge on any atom is -0.454 e. The average Bonchev–Trinajstić information content (AvgIpc) is 3.37. The summed E-state index contributed by atoms with van der Waals surface area (Å²) in [6, 6.07) is 18.9. The van der Waals surface area contributed by atoms with E-state index in [-0.39, 0.29) is 6.79 Å². The van der Waals surface area contributed by atoms with Gasteiger partial charge in [-0.25, -0.2) is 8.42 Å². The molecule has 0 bridgehead atoms. The van der Waals surface area contributed by atoms with Gasteiger partial charge < -0.3 is 19.7 Å². The number of hydrogen-bond acceptors (Lipinski definition) is 7. The van der Waals surface area contributed by atoms with Gasteiger partial charge >= 0.3 is 0 Å². The molecule has 1 saturated heterocycles. The summed E-state index contributed by atoms with van der Waals surface area (Å²) in [7, 11) is -1.53. The third-order valence-electron chi connectivity index (χ3n) is 6.98. The van der Waals surface area contributed by atoms with Crippen molar-refractivity contribution in [2.45, 2.75) is 11.8 Å². The molecule has 37 heavy (non-hydrogen) atoms. The van der Waals surface area contributed by atoms with Gasteiger partial charge in [-0.3, -0.25) is 0 Å². The van der Waals surface area contributed by atoms with E-state index in [0.717, 1.165) is 29.5 Å². The molecule has 190 valence electrons. The zero-order valence-corrected chi connectivity index (χ0v) is 21.5.